The number of nitro groups is 1. The second kappa shape index (κ2) is 8.63. The fraction of sp³-hybridized carbons (Fsp3) is 0.179. The van der Waals surface area contributed by atoms with Gasteiger partial charge in [0.1, 0.15) is 0 Å². The number of azo groups is 1. The molecule has 39 heavy (non-hydrogen) atoms. The van der Waals surface area contributed by atoms with E-state index >= 15 is 0 Å². The zero-order valence-electron chi connectivity index (χ0n) is 20.5. The van der Waals surface area contributed by atoms with Gasteiger partial charge in [0.05, 0.1) is 28.1 Å². The van der Waals surface area contributed by atoms with Crippen LogP contribution in [0.15, 0.2) is 83.0 Å². The molecule has 3 aliphatic carbocycles. The van der Waals surface area contributed by atoms with Gasteiger partial charge in [-0.2, -0.15) is 5.01 Å². The number of hydrogen-bond donors (Lipinski definition) is 1. The first-order valence-electron chi connectivity index (χ1n) is 12.4. The molecule has 4 aliphatic rings. The van der Waals surface area contributed by atoms with E-state index in [1.54, 1.807) is 6.92 Å². The molecule has 1 N–H and O–H groups in total. The van der Waals surface area contributed by atoms with Crippen LogP contribution in [0.1, 0.15) is 39.8 Å². The molecule has 11 heteroatoms. The lowest BCUT2D eigenvalue weighted by Crippen LogP contribution is -2.64. The molecule has 1 aromatic heterocycles. The number of aryl methyl sites for hydroxylation is 1. The molecule has 2 atom stereocenters. The molecule has 1 fully saturated rings. The Labute approximate surface area is 226 Å². The first-order chi connectivity index (χ1) is 18.9. The maximum absolute atomic E-state index is 14.1. The van der Waals surface area contributed by atoms with Gasteiger partial charge in [-0.25, -0.2) is 4.98 Å². The summed E-state index contributed by atoms with van der Waals surface area (Å²) in [5, 5.41) is 21.3. The Kier molecular flexibility index (Phi) is 5.17. The van der Waals surface area contributed by atoms with Gasteiger partial charge in [0.15, 0.2) is 5.00 Å². The Balaban J connectivity index is 1.23. The van der Waals surface area contributed by atoms with E-state index in [4.69, 9.17) is 0 Å². The molecular weight excluding hydrogens is 516 g/mol. The summed E-state index contributed by atoms with van der Waals surface area (Å²) < 4.78 is 0. The van der Waals surface area contributed by atoms with Crippen molar-refractivity contribution in [3.63, 3.8) is 0 Å². The summed E-state index contributed by atoms with van der Waals surface area (Å²) in [5.74, 6) is -1.89. The summed E-state index contributed by atoms with van der Waals surface area (Å²) in [6.45, 7) is 1.75. The number of anilines is 1. The summed E-state index contributed by atoms with van der Waals surface area (Å²) >= 11 is 1.14. The molecule has 1 aliphatic heterocycles. The summed E-state index contributed by atoms with van der Waals surface area (Å²) in [6.07, 6.45) is 0. The van der Waals surface area contributed by atoms with Gasteiger partial charge >= 0.3 is 0 Å². The van der Waals surface area contributed by atoms with Crippen molar-refractivity contribution >= 4 is 44.7 Å². The highest BCUT2D eigenvalue weighted by Gasteiger charge is 2.58. The molecule has 4 aromatic rings. The standard InChI is InChI=1S/C28H20N6O4S/c1-14-26(31-30-15-10-12-16(13-11-15)34(37)38)39-28(29-14)33-27(36)24-22-19-8-4-2-6-17(19)21(23(24)25(35)32-33)18-7-3-5-9-20(18)22/h2-13,21-24H,1H3,(H,32,35). The van der Waals surface area contributed by atoms with Gasteiger partial charge in [-0.05, 0) is 41.3 Å². The molecular formula is C28H20N6O4S. The van der Waals surface area contributed by atoms with Gasteiger partial charge in [-0.15, -0.1) is 10.2 Å². The Bertz CT molecular complexity index is 1670. The van der Waals surface area contributed by atoms with Crippen LogP contribution < -0.4 is 10.4 Å². The second-order valence-corrected chi connectivity index (χ2v) is 10.7. The van der Waals surface area contributed by atoms with Crippen molar-refractivity contribution in [2.45, 2.75) is 18.8 Å². The predicted octanol–water partition coefficient (Wildman–Crippen LogP) is 5.68. The third-order valence-corrected chi connectivity index (χ3v) is 8.76. The van der Waals surface area contributed by atoms with Crippen LogP contribution in [0.4, 0.5) is 21.5 Å². The molecule has 2 heterocycles. The van der Waals surface area contributed by atoms with E-state index in [2.05, 4.69) is 44.9 Å². The lowest BCUT2D eigenvalue weighted by molar-refractivity contribution is -0.384. The topological polar surface area (TPSA) is 130 Å². The van der Waals surface area contributed by atoms with Gasteiger partial charge in [0.2, 0.25) is 11.0 Å². The van der Waals surface area contributed by atoms with Crippen LogP contribution in [0.2, 0.25) is 0 Å². The zero-order valence-corrected chi connectivity index (χ0v) is 21.3. The van der Waals surface area contributed by atoms with Crippen LogP contribution in [-0.4, -0.2) is 21.7 Å². The molecule has 3 aromatic carbocycles. The highest BCUT2D eigenvalue weighted by atomic mass is 32.1. The van der Waals surface area contributed by atoms with Gasteiger partial charge in [-0.1, -0.05) is 59.9 Å². The molecule has 192 valence electrons. The monoisotopic (exact) mass is 536 g/mol. The number of nitrogens with one attached hydrogen (secondary N) is 1. The predicted molar refractivity (Wildman–Crippen MR) is 143 cm³/mol. The highest BCUT2D eigenvalue weighted by Crippen LogP contribution is 2.59. The average molecular weight is 537 g/mol. The first kappa shape index (κ1) is 23.4. The number of thiazole rings is 1. The Morgan fingerprint density at radius 3 is 2.00 bits per heavy atom. The number of non-ortho nitro benzene ring substituents is 1. The molecule has 2 unspecified atom stereocenters. The van der Waals surface area contributed by atoms with E-state index in [9.17, 15) is 19.7 Å². The lowest BCUT2D eigenvalue weighted by Gasteiger charge is -2.52. The van der Waals surface area contributed by atoms with Crippen molar-refractivity contribution in [2.75, 3.05) is 5.01 Å². The second-order valence-electron chi connectivity index (χ2n) is 9.77. The van der Waals surface area contributed by atoms with E-state index in [0.29, 0.717) is 21.5 Å². The number of rotatable bonds is 4. The molecule has 0 saturated carbocycles. The van der Waals surface area contributed by atoms with E-state index in [1.807, 2.05) is 24.3 Å². The van der Waals surface area contributed by atoms with Crippen molar-refractivity contribution in [2.24, 2.45) is 22.1 Å². The van der Waals surface area contributed by atoms with Crippen LogP contribution in [0, 0.1) is 28.9 Å². The number of nitrogens with zero attached hydrogens (tertiary/aromatic N) is 5. The van der Waals surface area contributed by atoms with Crippen LogP contribution in [0.25, 0.3) is 0 Å². The summed E-state index contributed by atoms with van der Waals surface area (Å²) in [5.41, 5.74) is 8.18. The van der Waals surface area contributed by atoms with Crippen molar-refractivity contribution in [3.8, 4) is 0 Å². The summed E-state index contributed by atoms with van der Waals surface area (Å²) in [7, 11) is 0. The normalized spacial score (nSPS) is 22.8. The Morgan fingerprint density at radius 2 is 1.44 bits per heavy atom. The minimum atomic E-state index is -0.553. The Morgan fingerprint density at radius 1 is 0.872 bits per heavy atom. The quantitative estimate of drug-likeness (QED) is 0.204. The van der Waals surface area contributed by atoms with Crippen molar-refractivity contribution < 1.29 is 14.5 Å². The molecule has 2 bridgehead atoms. The highest BCUT2D eigenvalue weighted by molar-refractivity contribution is 7.19. The number of benzene rings is 3. The van der Waals surface area contributed by atoms with Gasteiger partial charge in [0, 0.05) is 24.0 Å². The van der Waals surface area contributed by atoms with Gasteiger partial charge < -0.3 is 0 Å². The van der Waals surface area contributed by atoms with E-state index in [1.165, 1.54) is 29.3 Å². The maximum Gasteiger partial charge on any atom is 0.269 e. The van der Waals surface area contributed by atoms with Crippen LogP contribution in [-0.2, 0) is 9.59 Å². The maximum atomic E-state index is 14.1. The molecule has 0 spiro atoms. The number of carbonyl (C=O) groups excluding carboxylic acids is 2. The average Bonchev–Trinajstić information content (AvgIpc) is 3.33. The Hall–Kier alpha value is -4.77. The van der Waals surface area contributed by atoms with Gasteiger partial charge in [-0.3, -0.25) is 25.1 Å². The molecule has 8 rings (SSSR count). The first-order valence-corrected chi connectivity index (χ1v) is 13.2. The molecule has 10 nitrogen and oxygen atoms in total. The largest absolute Gasteiger partial charge is 0.273 e. The van der Waals surface area contributed by atoms with Crippen molar-refractivity contribution in [3.05, 3.63) is 111 Å². The van der Waals surface area contributed by atoms with E-state index < -0.39 is 16.8 Å². The molecule has 1 saturated heterocycles. The number of hydrogen-bond acceptors (Lipinski definition) is 8. The summed E-state index contributed by atoms with van der Waals surface area (Å²) in [6, 6.07) is 21.9. The smallest absolute Gasteiger partial charge is 0.269 e. The van der Waals surface area contributed by atoms with Crippen LogP contribution in [0.5, 0.6) is 0 Å². The fourth-order valence-electron chi connectivity index (χ4n) is 6.13. The molecule has 2 amide bonds. The lowest BCUT2D eigenvalue weighted by atomic mass is 9.53. The fourth-order valence-corrected chi connectivity index (χ4v) is 6.98. The minimum absolute atomic E-state index is 0.0375. The van der Waals surface area contributed by atoms with Crippen LogP contribution >= 0.6 is 11.3 Å². The van der Waals surface area contributed by atoms with E-state index in [0.717, 1.165) is 33.6 Å². The number of nitro benzene ring substituents is 1. The third-order valence-electron chi connectivity index (χ3n) is 7.74. The van der Waals surface area contributed by atoms with Gasteiger partial charge in [0.25, 0.3) is 11.6 Å². The SMILES string of the molecule is Cc1nc(N2NC(=O)C3C4c5ccccc5C(c5ccccc54)C3C2=O)sc1N=Nc1ccc([N+](=O)[O-])cc1. The third kappa shape index (κ3) is 3.50. The molecule has 0 radical (unpaired) electrons. The minimum Gasteiger partial charge on any atom is -0.273 e. The number of amides is 2. The van der Waals surface area contributed by atoms with Crippen LogP contribution in [0.3, 0.4) is 0 Å². The van der Waals surface area contributed by atoms with E-state index in [-0.39, 0.29) is 29.3 Å². The van der Waals surface area contributed by atoms with Crippen molar-refractivity contribution in [1.29, 1.82) is 0 Å². The number of carbonyl (C=O) groups is 2. The number of hydrazine groups is 1. The summed E-state index contributed by atoms with van der Waals surface area (Å²) in [4.78, 5) is 42.6. The number of aromatic nitrogens is 1. The zero-order chi connectivity index (χ0) is 26.8. The van der Waals surface area contributed by atoms with Crippen molar-refractivity contribution in [1.82, 2.24) is 10.4 Å².